The van der Waals surface area contributed by atoms with Crippen LogP contribution >= 0.6 is 0 Å². The molecule has 1 heterocycles. The van der Waals surface area contributed by atoms with Crippen molar-refractivity contribution in [1.82, 2.24) is 5.32 Å². The number of nitrogens with two attached hydrogens (primary N) is 1. The SMILES string of the molecule is CO[C@@H]1C[C@H](OC(N)=O)[C@@H]2C=CC3/C=C(C)/C=C/[C@@H](C)[C@H]([C@H](C)[C@H](O)[C@@H](C)NC(C)=O)OC(=O)/C=C/C=C(C)\C=C\[C@]3(C)[C@@H]2C1. The second-order valence-corrected chi connectivity index (χ2v) is 13.2. The van der Waals surface area contributed by atoms with Gasteiger partial charge in [0.15, 0.2) is 0 Å². The maximum atomic E-state index is 12.9. The summed E-state index contributed by atoms with van der Waals surface area (Å²) in [5, 5.41) is 13.8. The van der Waals surface area contributed by atoms with Crippen LogP contribution in [-0.2, 0) is 23.8 Å². The molecule has 3 aliphatic rings. The van der Waals surface area contributed by atoms with Crippen LogP contribution < -0.4 is 11.1 Å². The molecular formula is C36H52N2O7. The van der Waals surface area contributed by atoms with Crippen LogP contribution in [0.25, 0.3) is 0 Å². The van der Waals surface area contributed by atoms with E-state index in [9.17, 15) is 19.5 Å². The molecule has 11 atom stereocenters. The molecule has 1 saturated carbocycles. The first-order valence-corrected chi connectivity index (χ1v) is 15.9. The number of fused-ring (bicyclic) bond motifs is 3. The number of allylic oxidation sites excluding steroid dienone is 9. The van der Waals surface area contributed by atoms with Gasteiger partial charge in [0, 0.05) is 50.2 Å². The zero-order valence-corrected chi connectivity index (χ0v) is 27.9. The van der Waals surface area contributed by atoms with Crippen molar-refractivity contribution in [3.05, 3.63) is 71.9 Å². The lowest BCUT2D eigenvalue weighted by Crippen LogP contribution is -2.50. The number of esters is 1. The molecule has 0 spiro atoms. The van der Waals surface area contributed by atoms with Crippen molar-refractivity contribution in [1.29, 1.82) is 0 Å². The molecule has 9 heteroatoms. The highest BCUT2D eigenvalue weighted by Crippen LogP contribution is 2.53. The van der Waals surface area contributed by atoms with E-state index in [2.05, 4.69) is 42.6 Å². The summed E-state index contributed by atoms with van der Waals surface area (Å²) in [5.41, 5.74) is 7.09. The van der Waals surface area contributed by atoms with Gasteiger partial charge in [-0.1, -0.05) is 86.6 Å². The summed E-state index contributed by atoms with van der Waals surface area (Å²) in [6.45, 7) is 13.2. The number of hydrogen-bond acceptors (Lipinski definition) is 7. The number of methoxy groups -OCH3 is 1. The molecule has 3 rings (SSSR count). The van der Waals surface area contributed by atoms with E-state index < -0.39 is 36.2 Å². The Morgan fingerprint density at radius 1 is 1.11 bits per heavy atom. The third-order valence-corrected chi connectivity index (χ3v) is 9.74. The third kappa shape index (κ3) is 9.30. The van der Waals surface area contributed by atoms with Crippen molar-refractivity contribution in [2.45, 2.75) is 91.8 Å². The Kier molecular flexibility index (Phi) is 12.6. The Labute approximate surface area is 268 Å². The predicted octanol–water partition coefficient (Wildman–Crippen LogP) is 5.33. The smallest absolute Gasteiger partial charge is 0.404 e. The number of nitrogens with one attached hydrogen (secondary N) is 1. The number of hydrogen-bond donors (Lipinski definition) is 3. The van der Waals surface area contributed by atoms with Gasteiger partial charge in [-0.05, 0) is 38.5 Å². The molecule has 0 aromatic heterocycles. The van der Waals surface area contributed by atoms with Crippen molar-refractivity contribution in [3.63, 3.8) is 0 Å². The van der Waals surface area contributed by atoms with Crippen LogP contribution in [0.5, 0.6) is 0 Å². The molecule has 4 N–H and O–H groups in total. The number of primary amides is 1. The fourth-order valence-corrected chi connectivity index (χ4v) is 7.10. The fraction of sp³-hybridized carbons (Fsp3) is 0.583. The Hall–Kier alpha value is -3.43. The minimum Gasteiger partial charge on any atom is -0.458 e. The molecule has 248 valence electrons. The average molecular weight is 625 g/mol. The maximum Gasteiger partial charge on any atom is 0.404 e. The zero-order chi connectivity index (χ0) is 33.5. The van der Waals surface area contributed by atoms with Crippen molar-refractivity contribution in [2.24, 2.45) is 40.7 Å². The highest BCUT2D eigenvalue weighted by molar-refractivity contribution is 5.82. The number of cyclic esters (lactones) is 1. The van der Waals surface area contributed by atoms with Crippen molar-refractivity contribution in [2.75, 3.05) is 7.11 Å². The summed E-state index contributed by atoms with van der Waals surface area (Å²) in [5.74, 6) is -1.35. The predicted molar refractivity (Wildman–Crippen MR) is 175 cm³/mol. The number of ether oxygens (including phenoxy) is 3. The highest BCUT2D eigenvalue weighted by Gasteiger charge is 2.50. The third-order valence-electron chi connectivity index (χ3n) is 9.74. The second-order valence-electron chi connectivity index (χ2n) is 13.2. The van der Waals surface area contributed by atoms with Gasteiger partial charge >= 0.3 is 12.1 Å². The monoisotopic (exact) mass is 624 g/mol. The Morgan fingerprint density at radius 2 is 1.82 bits per heavy atom. The summed E-state index contributed by atoms with van der Waals surface area (Å²) in [6, 6.07) is -0.521. The van der Waals surface area contributed by atoms with E-state index in [-0.39, 0.29) is 47.2 Å². The number of aliphatic hydroxyl groups is 1. The van der Waals surface area contributed by atoms with Crippen molar-refractivity contribution < 1.29 is 33.7 Å². The van der Waals surface area contributed by atoms with Crippen LogP contribution in [0.2, 0.25) is 0 Å². The molecule has 2 aliphatic carbocycles. The van der Waals surface area contributed by atoms with Gasteiger partial charge in [-0.3, -0.25) is 4.79 Å². The minimum absolute atomic E-state index is 0.0165. The summed E-state index contributed by atoms with van der Waals surface area (Å²) in [4.78, 5) is 36.4. The van der Waals surface area contributed by atoms with Crippen molar-refractivity contribution >= 4 is 18.0 Å². The number of rotatable bonds is 6. The first-order chi connectivity index (χ1) is 21.2. The summed E-state index contributed by atoms with van der Waals surface area (Å²) >= 11 is 0. The number of amides is 2. The van der Waals surface area contributed by atoms with Crippen LogP contribution in [0.4, 0.5) is 4.79 Å². The fourth-order valence-electron chi connectivity index (χ4n) is 7.10. The van der Waals surface area contributed by atoms with Crippen LogP contribution in [0, 0.1) is 35.0 Å². The molecule has 1 aliphatic heterocycles. The molecule has 45 heavy (non-hydrogen) atoms. The quantitative estimate of drug-likeness (QED) is 0.268. The number of aliphatic hydroxyl groups excluding tert-OH is 1. The standard InChI is InChI=1S/C36H52N2O7/c1-21-10-9-11-32(40)45-34(24(4)33(41)25(5)38-26(6)39)23(3)13-12-22(2)18-27-14-15-29-30(36(27,7)17-16-21)19-28(43-8)20-31(29)44-35(37)42/h9-18,23-25,27-31,33-34,41H,19-20H2,1-8H3,(H2,37,42)(H,38,39)/b11-9+,13-12+,17-16+,21-10-,22-18+/t23-,24-,25-,27?,28+,29-,30-,31+,33+,34-,36+/m1/s1. The Morgan fingerprint density at radius 3 is 2.47 bits per heavy atom. The molecule has 0 saturated heterocycles. The molecular weight excluding hydrogens is 572 g/mol. The van der Waals surface area contributed by atoms with E-state index in [0.717, 1.165) is 17.6 Å². The molecule has 0 radical (unpaired) electrons. The Balaban J connectivity index is 2.05. The van der Waals surface area contributed by atoms with E-state index >= 15 is 0 Å². The van der Waals surface area contributed by atoms with E-state index in [4.69, 9.17) is 19.9 Å². The second kappa shape index (κ2) is 15.7. The zero-order valence-electron chi connectivity index (χ0n) is 27.9. The first-order valence-electron chi connectivity index (χ1n) is 15.9. The van der Waals surface area contributed by atoms with Crippen LogP contribution in [-0.4, -0.2) is 60.6 Å². The maximum absolute atomic E-state index is 12.9. The molecule has 0 aromatic rings. The van der Waals surface area contributed by atoms with Gasteiger partial charge in [-0.25, -0.2) is 9.59 Å². The van der Waals surface area contributed by atoms with Gasteiger partial charge in [-0.15, -0.1) is 0 Å². The Bertz CT molecular complexity index is 1260. The van der Waals surface area contributed by atoms with Gasteiger partial charge in [0.2, 0.25) is 5.91 Å². The van der Waals surface area contributed by atoms with Crippen LogP contribution in [0.15, 0.2) is 71.9 Å². The molecule has 0 aromatic carbocycles. The molecule has 1 unspecified atom stereocenters. The normalized spacial score (nSPS) is 38.7. The summed E-state index contributed by atoms with van der Waals surface area (Å²) in [6.07, 6.45) is 18.4. The lowest BCUT2D eigenvalue weighted by Gasteiger charge is -2.51. The molecule has 0 bridgehead atoms. The van der Waals surface area contributed by atoms with Crippen molar-refractivity contribution in [3.8, 4) is 0 Å². The van der Waals surface area contributed by atoms with Gasteiger partial charge < -0.3 is 30.4 Å². The average Bonchev–Trinajstić information content (AvgIpc) is 2.97. The summed E-state index contributed by atoms with van der Waals surface area (Å²) < 4.78 is 17.3. The number of carbonyl (C=O) groups is 3. The topological polar surface area (TPSA) is 137 Å². The largest absolute Gasteiger partial charge is 0.458 e. The molecule has 1 fully saturated rings. The highest BCUT2D eigenvalue weighted by atomic mass is 16.6. The lowest BCUT2D eigenvalue weighted by molar-refractivity contribution is -0.151. The van der Waals surface area contributed by atoms with Gasteiger partial charge in [-0.2, -0.15) is 0 Å². The number of carbonyl (C=O) groups excluding carboxylic acids is 3. The molecule has 9 nitrogen and oxygen atoms in total. The minimum atomic E-state index is -0.934. The van der Waals surface area contributed by atoms with Gasteiger partial charge in [0.05, 0.1) is 18.2 Å². The van der Waals surface area contributed by atoms with Crippen LogP contribution in [0.3, 0.4) is 0 Å². The van der Waals surface area contributed by atoms with E-state index in [0.29, 0.717) is 6.42 Å². The van der Waals surface area contributed by atoms with Gasteiger partial charge in [0.1, 0.15) is 12.2 Å². The summed E-state index contributed by atoms with van der Waals surface area (Å²) in [7, 11) is 1.69. The van der Waals surface area contributed by atoms with E-state index in [1.54, 1.807) is 20.1 Å². The van der Waals surface area contributed by atoms with Gasteiger partial charge in [0.25, 0.3) is 0 Å². The van der Waals surface area contributed by atoms with E-state index in [1.165, 1.54) is 13.0 Å². The van der Waals surface area contributed by atoms with E-state index in [1.807, 2.05) is 45.9 Å². The molecule has 2 amide bonds. The van der Waals surface area contributed by atoms with Crippen LogP contribution in [0.1, 0.15) is 61.3 Å². The first kappa shape index (κ1) is 36.0. The lowest BCUT2D eigenvalue weighted by atomic mass is 9.55.